The Labute approximate surface area is 171 Å². The maximum atomic E-state index is 5.83. The molecule has 0 aliphatic heterocycles. The summed E-state index contributed by atoms with van der Waals surface area (Å²) < 4.78 is 35.0. The highest BCUT2D eigenvalue weighted by molar-refractivity contribution is 8.22. The topological polar surface area (TPSA) is 67.4 Å². The molecule has 0 aliphatic rings. The van der Waals surface area contributed by atoms with Crippen LogP contribution in [0.5, 0.6) is 0 Å². The van der Waals surface area contributed by atoms with E-state index in [1.165, 1.54) is 0 Å². The molecule has 0 spiro atoms. The van der Waals surface area contributed by atoms with Gasteiger partial charge in [-0.25, -0.2) is 0 Å². The van der Waals surface area contributed by atoms with Crippen LogP contribution in [0.25, 0.3) is 0 Å². The average molecular weight is 434 g/mol. The summed E-state index contributed by atoms with van der Waals surface area (Å²) >= 11 is 0. The van der Waals surface area contributed by atoms with Gasteiger partial charge in [0.2, 0.25) is 0 Å². The Balaban J connectivity index is 4.24. The Hall–Kier alpha value is 0.420. The quantitative estimate of drug-likeness (QED) is 0.280. The van der Waals surface area contributed by atoms with Gasteiger partial charge in [0.25, 0.3) is 0 Å². The number of hydrogen-bond donors (Lipinski definition) is 1. The van der Waals surface area contributed by atoms with E-state index in [2.05, 4.69) is 5.32 Å². The van der Waals surface area contributed by atoms with Crippen molar-refractivity contribution < 1.29 is 25.1 Å². The van der Waals surface area contributed by atoms with Crippen molar-refractivity contribution in [1.29, 1.82) is 0 Å². The van der Waals surface area contributed by atoms with Gasteiger partial charge in [0, 0.05) is 11.5 Å². The standard InChI is InChI=1S/C18H43NO6S2/c1-7-20-26(21-8-2,22-9-3)17-13-15-19-16-14-18-27(23-10-4,24-11-5)25-12-6/h19H,7-18H2,1-6H3. The minimum Gasteiger partial charge on any atom is -0.317 e. The molecule has 168 valence electrons. The molecule has 0 fully saturated rings. The maximum Gasteiger partial charge on any atom is 0.0887 e. The van der Waals surface area contributed by atoms with Crippen molar-refractivity contribution in [3.05, 3.63) is 0 Å². The maximum absolute atomic E-state index is 5.83. The molecule has 0 radical (unpaired) electrons. The SMILES string of the molecule is CCOS(CCCNCCCS(OCC)(OCC)OCC)(OCC)OCC. The van der Waals surface area contributed by atoms with E-state index in [1.54, 1.807) is 0 Å². The Morgan fingerprint density at radius 3 is 0.963 bits per heavy atom. The summed E-state index contributed by atoms with van der Waals surface area (Å²) in [7, 11) is -3.76. The molecule has 0 atom stereocenters. The van der Waals surface area contributed by atoms with E-state index in [1.807, 2.05) is 41.5 Å². The molecule has 0 saturated heterocycles. The van der Waals surface area contributed by atoms with E-state index in [9.17, 15) is 0 Å². The Kier molecular flexibility index (Phi) is 17.6. The molecule has 27 heavy (non-hydrogen) atoms. The van der Waals surface area contributed by atoms with E-state index in [4.69, 9.17) is 25.1 Å². The van der Waals surface area contributed by atoms with Crippen molar-refractivity contribution >= 4 is 21.7 Å². The first-order valence-corrected chi connectivity index (χ1v) is 13.4. The molecule has 0 aliphatic carbocycles. The molecule has 0 aromatic rings. The van der Waals surface area contributed by atoms with Crippen LogP contribution in [-0.4, -0.2) is 64.2 Å². The highest BCUT2D eigenvalue weighted by atomic mass is 32.3. The second kappa shape index (κ2) is 17.3. The minimum absolute atomic E-state index is 0.597. The van der Waals surface area contributed by atoms with Crippen molar-refractivity contribution in [3.8, 4) is 0 Å². The second-order valence-corrected chi connectivity index (χ2v) is 9.88. The molecule has 0 heterocycles. The van der Waals surface area contributed by atoms with E-state index in [0.29, 0.717) is 39.6 Å². The van der Waals surface area contributed by atoms with E-state index in [-0.39, 0.29) is 0 Å². The summed E-state index contributed by atoms with van der Waals surface area (Å²) in [4.78, 5) is 0. The summed E-state index contributed by atoms with van der Waals surface area (Å²) in [6.45, 7) is 17.2. The monoisotopic (exact) mass is 433 g/mol. The van der Waals surface area contributed by atoms with Crippen LogP contribution in [0.1, 0.15) is 54.4 Å². The Morgan fingerprint density at radius 1 is 0.481 bits per heavy atom. The smallest absolute Gasteiger partial charge is 0.0887 e. The lowest BCUT2D eigenvalue weighted by Crippen LogP contribution is -2.24. The summed E-state index contributed by atoms with van der Waals surface area (Å²) in [5.41, 5.74) is 0. The van der Waals surface area contributed by atoms with Crippen LogP contribution in [0, 0.1) is 0 Å². The highest BCUT2D eigenvalue weighted by Gasteiger charge is 2.26. The van der Waals surface area contributed by atoms with Crippen LogP contribution in [0.4, 0.5) is 0 Å². The van der Waals surface area contributed by atoms with E-state index >= 15 is 0 Å². The van der Waals surface area contributed by atoms with Gasteiger partial charge < -0.3 is 5.32 Å². The molecule has 0 rings (SSSR count). The van der Waals surface area contributed by atoms with Crippen LogP contribution in [0.2, 0.25) is 0 Å². The summed E-state index contributed by atoms with van der Waals surface area (Å²) in [5.74, 6) is 1.56. The number of hydrogen-bond acceptors (Lipinski definition) is 7. The zero-order valence-electron chi connectivity index (χ0n) is 18.3. The van der Waals surface area contributed by atoms with Crippen LogP contribution in [0.15, 0.2) is 0 Å². The fourth-order valence-electron chi connectivity index (χ4n) is 2.51. The van der Waals surface area contributed by atoms with Gasteiger partial charge in [-0.1, -0.05) is 0 Å². The molecule has 9 heteroatoms. The van der Waals surface area contributed by atoms with Crippen molar-refractivity contribution in [3.63, 3.8) is 0 Å². The van der Waals surface area contributed by atoms with E-state index in [0.717, 1.165) is 37.4 Å². The molecule has 0 aromatic carbocycles. The average Bonchev–Trinajstić information content (AvgIpc) is 2.62. The number of nitrogens with one attached hydrogen (secondary N) is 1. The summed E-state index contributed by atoms with van der Waals surface area (Å²) in [6.07, 6.45) is 1.88. The van der Waals surface area contributed by atoms with Crippen LogP contribution in [0.3, 0.4) is 0 Å². The largest absolute Gasteiger partial charge is 0.317 e. The normalized spacial score (nSPS) is 13.9. The molecule has 0 saturated carbocycles. The van der Waals surface area contributed by atoms with Gasteiger partial charge in [-0.05, 0) is 67.5 Å². The third-order valence-electron chi connectivity index (χ3n) is 3.28. The Bertz CT molecular complexity index is 275. The predicted octanol–water partition coefficient (Wildman–Crippen LogP) is 4.67. The van der Waals surface area contributed by atoms with Gasteiger partial charge in [-0.3, -0.25) is 25.1 Å². The van der Waals surface area contributed by atoms with Crippen molar-refractivity contribution in [2.24, 2.45) is 0 Å². The number of rotatable bonds is 20. The minimum atomic E-state index is -1.88. The van der Waals surface area contributed by atoms with Gasteiger partial charge in [-0.15, -0.1) is 0 Å². The van der Waals surface area contributed by atoms with Crippen LogP contribution >= 0.6 is 21.7 Å². The summed E-state index contributed by atoms with van der Waals surface area (Å²) in [6, 6.07) is 0. The lowest BCUT2D eigenvalue weighted by molar-refractivity contribution is 0.184. The van der Waals surface area contributed by atoms with Gasteiger partial charge in [-0.2, -0.15) is 0 Å². The predicted molar refractivity (Wildman–Crippen MR) is 117 cm³/mol. The van der Waals surface area contributed by atoms with Gasteiger partial charge >= 0.3 is 0 Å². The first-order chi connectivity index (χ1) is 13.1. The molecule has 0 aromatic heterocycles. The molecular formula is C18H43NO6S2. The van der Waals surface area contributed by atoms with Gasteiger partial charge in [0.05, 0.1) is 61.4 Å². The Morgan fingerprint density at radius 2 is 0.741 bits per heavy atom. The lowest BCUT2D eigenvalue weighted by Gasteiger charge is -2.37. The molecule has 1 N–H and O–H groups in total. The van der Waals surface area contributed by atoms with Crippen molar-refractivity contribution in [1.82, 2.24) is 5.32 Å². The molecule has 0 bridgehead atoms. The summed E-state index contributed by atoms with van der Waals surface area (Å²) in [5, 5.41) is 3.48. The highest BCUT2D eigenvalue weighted by Crippen LogP contribution is 2.52. The fraction of sp³-hybridized carbons (Fsp3) is 1.00. The van der Waals surface area contributed by atoms with Crippen molar-refractivity contribution in [2.75, 3.05) is 64.2 Å². The third-order valence-corrected chi connectivity index (χ3v) is 8.43. The second-order valence-electron chi connectivity index (χ2n) is 5.42. The van der Waals surface area contributed by atoms with E-state index < -0.39 is 21.7 Å². The molecule has 0 amide bonds. The molecular weight excluding hydrogens is 390 g/mol. The van der Waals surface area contributed by atoms with Crippen molar-refractivity contribution in [2.45, 2.75) is 54.4 Å². The zero-order valence-corrected chi connectivity index (χ0v) is 19.9. The molecule has 7 nitrogen and oxygen atoms in total. The first-order valence-electron chi connectivity index (χ1n) is 10.3. The zero-order chi connectivity index (χ0) is 20.4. The van der Waals surface area contributed by atoms with Gasteiger partial charge in [0.1, 0.15) is 0 Å². The molecule has 0 unspecified atom stereocenters. The van der Waals surface area contributed by atoms with Gasteiger partial charge in [0.15, 0.2) is 0 Å². The lowest BCUT2D eigenvalue weighted by atomic mass is 10.4. The fourth-order valence-corrected chi connectivity index (χ4v) is 6.77. The van der Waals surface area contributed by atoms with Crippen LogP contribution < -0.4 is 5.32 Å². The first kappa shape index (κ1) is 27.4. The third kappa shape index (κ3) is 11.9. The van der Waals surface area contributed by atoms with Crippen LogP contribution in [-0.2, 0) is 25.1 Å².